The van der Waals surface area contributed by atoms with Crippen molar-refractivity contribution in [2.45, 2.75) is 35.2 Å². The second-order valence-electron chi connectivity index (χ2n) is 4.74. The number of aromatic nitrogens is 2. The maximum atomic E-state index is 11.4. The van der Waals surface area contributed by atoms with Crippen molar-refractivity contribution in [1.29, 1.82) is 0 Å². The molecule has 1 aromatic heterocycles. The zero-order chi connectivity index (χ0) is 15.6. The molecule has 0 radical (unpaired) electrons. The van der Waals surface area contributed by atoms with Crippen LogP contribution in [-0.4, -0.2) is 24.9 Å². The number of benzene rings is 1. The summed E-state index contributed by atoms with van der Waals surface area (Å²) in [5, 5.41) is 9.07. The fourth-order valence-electron chi connectivity index (χ4n) is 1.82. The summed E-state index contributed by atoms with van der Waals surface area (Å²) < 4.78 is 22.9. The van der Waals surface area contributed by atoms with E-state index < -0.39 is 9.84 Å². The molecular formula is C14H17N3O2S2. The van der Waals surface area contributed by atoms with Crippen molar-refractivity contribution in [2.24, 2.45) is 5.73 Å². The lowest BCUT2D eigenvalue weighted by atomic mass is 10.1. The third kappa shape index (κ3) is 3.61. The fourth-order valence-corrected chi connectivity index (χ4v) is 3.39. The molecule has 0 aliphatic rings. The van der Waals surface area contributed by atoms with E-state index in [1.807, 2.05) is 13.8 Å². The molecule has 2 aromatic rings. The van der Waals surface area contributed by atoms with Crippen molar-refractivity contribution < 1.29 is 8.42 Å². The summed E-state index contributed by atoms with van der Waals surface area (Å²) in [5.74, 6) is 0. The van der Waals surface area contributed by atoms with Gasteiger partial charge in [-0.25, -0.2) is 8.42 Å². The highest BCUT2D eigenvalue weighted by atomic mass is 32.2. The van der Waals surface area contributed by atoms with Crippen molar-refractivity contribution >= 4 is 21.6 Å². The first kappa shape index (κ1) is 15.9. The van der Waals surface area contributed by atoms with Gasteiger partial charge in [0.2, 0.25) is 0 Å². The van der Waals surface area contributed by atoms with E-state index in [2.05, 4.69) is 10.2 Å². The van der Waals surface area contributed by atoms with Gasteiger partial charge in [-0.3, -0.25) is 0 Å². The molecule has 1 heterocycles. The molecule has 0 aliphatic heterocycles. The number of sulfone groups is 1. The Balaban J connectivity index is 2.33. The first-order valence-corrected chi connectivity index (χ1v) is 9.04. The molecule has 1 aromatic carbocycles. The molecule has 0 saturated heterocycles. The van der Waals surface area contributed by atoms with Gasteiger partial charge in [-0.05, 0) is 43.7 Å². The summed E-state index contributed by atoms with van der Waals surface area (Å²) in [6.45, 7) is 4.27. The minimum absolute atomic E-state index is 0.303. The third-order valence-corrected chi connectivity index (χ3v) is 5.37. The van der Waals surface area contributed by atoms with Gasteiger partial charge in [0.25, 0.3) is 0 Å². The van der Waals surface area contributed by atoms with E-state index in [0.717, 1.165) is 26.7 Å². The summed E-state index contributed by atoms with van der Waals surface area (Å²) >= 11 is 1.43. The minimum atomic E-state index is -3.17. The third-order valence-electron chi connectivity index (χ3n) is 3.21. The first-order valence-electron chi connectivity index (χ1n) is 6.33. The van der Waals surface area contributed by atoms with Gasteiger partial charge in [0, 0.05) is 23.3 Å². The molecule has 7 heteroatoms. The Morgan fingerprint density at radius 2 is 1.76 bits per heavy atom. The van der Waals surface area contributed by atoms with Crippen LogP contribution in [0.5, 0.6) is 0 Å². The maximum Gasteiger partial charge on any atom is 0.175 e. The van der Waals surface area contributed by atoms with E-state index in [1.54, 1.807) is 24.3 Å². The first-order chi connectivity index (χ1) is 9.82. The lowest BCUT2D eigenvalue weighted by molar-refractivity contribution is 0.602. The second kappa shape index (κ2) is 6.13. The Labute approximate surface area is 128 Å². The van der Waals surface area contributed by atoms with Crippen LogP contribution in [0.1, 0.15) is 16.8 Å². The summed E-state index contributed by atoms with van der Waals surface area (Å²) in [6.07, 6.45) is 1.19. The number of rotatable bonds is 4. The van der Waals surface area contributed by atoms with E-state index in [0.29, 0.717) is 11.4 Å². The van der Waals surface area contributed by atoms with Crippen LogP contribution in [0.25, 0.3) is 0 Å². The molecular weight excluding hydrogens is 306 g/mol. The van der Waals surface area contributed by atoms with E-state index >= 15 is 0 Å². The SMILES string of the molecule is Cc1nnc(Sc2ccc(S(C)(=O)=O)cc2)c(CN)c1C. The van der Waals surface area contributed by atoms with Gasteiger partial charge in [-0.1, -0.05) is 11.8 Å². The highest BCUT2D eigenvalue weighted by Crippen LogP contribution is 2.30. The second-order valence-corrected chi connectivity index (χ2v) is 7.82. The van der Waals surface area contributed by atoms with Crippen LogP contribution in [0.3, 0.4) is 0 Å². The normalized spacial score (nSPS) is 11.6. The molecule has 0 amide bonds. The van der Waals surface area contributed by atoms with Crippen LogP contribution in [0, 0.1) is 13.8 Å². The highest BCUT2D eigenvalue weighted by molar-refractivity contribution is 7.99. The molecule has 21 heavy (non-hydrogen) atoms. The van der Waals surface area contributed by atoms with Crippen LogP contribution in [0.15, 0.2) is 39.1 Å². The minimum Gasteiger partial charge on any atom is -0.326 e. The summed E-state index contributed by atoms with van der Waals surface area (Å²) in [6, 6.07) is 6.71. The van der Waals surface area contributed by atoms with Crippen LogP contribution < -0.4 is 5.73 Å². The Hall–Kier alpha value is -1.44. The van der Waals surface area contributed by atoms with Crippen molar-refractivity contribution in [1.82, 2.24) is 10.2 Å². The molecule has 0 fully saturated rings. The number of nitrogens with two attached hydrogens (primary N) is 1. The van der Waals surface area contributed by atoms with E-state index in [4.69, 9.17) is 5.73 Å². The van der Waals surface area contributed by atoms with Gasteiger partial charge < -0.3 is 5.73 Å². The molecule has 5 nitrogen and oxygen atoms in total. The van der Waals surface area contributed by atoms with E-state index in [1.165, 1.54) is 18.0 Å². The predicted octanol–water partition coefficient (Wildman–Crippen LogP) is 2.11. The lowest BCUT2D eigenvalue weighted by Crippen LogP contribution is -2.06. The molecule has 0 saturated carbocycles. The van der Waals surface area contributed by atoms with E-state index in [-0.39, 0.29) is 0 Å². The fraction of sp³-hybridized carbons (Fsp3) is 0.286. The number of aryl methyl sites for hydroxylation is 1. The molecule has 0 atom stereocenters. The molecule has 0 bridgehead atoms. The Morgan fingerprint density at radius 3 is 2.29 bits per heavy atom. The molecule has 2 N–H and O–H groups in total. The quantitative estimate of drug-likeness (QED) is 0.927. The summed E-state index contributed by atoms with van der Waals surface area (Å²) in [5.41, 5.74) is 8.68. The monoisotopic (exact) mass is 323 g/mol. The molecule has 0 aliphatic carbocycles. The van der Waals surface area contributed by atoms with Gasteiger partial charge in [0.15, 0.2) is 9.84 Å². The average Bonchev–Trinajstić information content (AvgIpc) is 2.43. The van der Waals surface area contributed by atoms with Crippen molar-refractivity contribution in [3.05, 3.63) is 41.1 Å². The number of hydrogen-bond acceptors (Lipinski definition) is 6. The van der Waals surface area contributed by atoms with Crippen LogP contribution in [0.2, 0.25) is 0 Å². The van der Waals surface area contributed by atoms with Gasteiger partial charge in [-0.15, -0.1) is 5.10 Å². The average molecular weight is 323 g/mol. The topological polar surface area (TPSA) is 85.9 Å². The summed E-state index contributed by atoms with van der Waals surface area (Å²) in [4.78, 5) is 1.20. The van der Waals surface area contributed by atoms with Crippen molar-refractivity contribution in [3.63, 3.8) is 0 Å². The van der Waals surface area contributed by atoms with Gasteiger partial charge in [0.05, 0.1) is 10.6 Å². The Bertz CT molecular complexity index is 757. The summed E-state index contributed by atoms with van der Waals surface area (Å²) in [7, 11) is -3.17. The standard InChI is InChI=1S/C14H17N3O2S2/c1-9-10(2)16-17-14(13(9)8-15)20-11-4-6-12(7-5-11)21(3,18)19/h4-7H,8,15H2,1-3H3. The molecule has 0 unspecified atom stereocenters. The largest absolute Gasteiger partial charge is 0.326 e. The van der Waals surface area contributed by atoms with Gasteiger partial charge >= 0.3 is 0 Å². The predicted molar refractivity (Wildman–Crippen MR) is 83.1 cm³/mol. The Kier molecular flexibility index (Phi) is 4.65. The number of nitrogens with zero attached hydrogens (tertiary/aromatic N) is 2. The maximum absolute atomic E-state index is 11.4. The van der Waals surface area contributed by atoms with Crippen LogP contribution in [-0.2, 0) is 16.4 Å². The smallest absolute Gasteiger partial charge is 0.175 e. The molecule has 0 spiro atoms. The van der Waals surface area contributed by atoms with Gasteiger partial charge in [0.1, 0.15) is 5.03 Å². The molecule has 2 rings (SSSR count). The zero-order valence-corrected chi connectivity index (χ0v) is 13.8. The van der Waals surface area contributed by atoms with Crippen LogP contribution >= 0.6 is 11.8 Å². The lowest BCUT2D eigenvalue weighted by Gasteiger charge is -2.10. The van der Waals surface area contributed by atoms with E-state index in [9.17, 15) is 8.42 Å². The van der Waals surface area contributed by atoms with Crippen LogP contribution in [0.4, 0.5) is 0 Å². The zero-order valence-electron chi connectivity index (χ0n) is 12.1. The highest BCUT2D eigenvalue weighted by Gasteiger charge is 2.12. The van der Waals surface area contributed by atoms with Gasteiger partial charge in [-0.2, -0.15) is 5.10 Å². The van der Waals surface area contributed by atoms with Crippen molar-refractivity contribution in [2.75, 3.05) is 6.26 Å². The Morgan fingerprint density at radius 1 is 1.14 bits per heavy atom. The molecule has 112 valence electrons. The number of hydrogen-bond donors (Lipinski definition) is 1. The van der Waals surface area contributed by atoms with Crippen molar-refractivity contribution in [3.8, 4) is 0 Å².